The lowest BCUT2D eigenvalue weighted by atomic mass is 10.0. The van der Waals surface area contributed by atoms with E-state index in [0.717, 1.165) is 12.1 Å². The summed E-state index contributed by atoms with van der Waals surface area (Å²) in [5.74, 6) is 0. The molecule has 0 saturated carbocycles. The van der Waals surface area contributed by atoms with Crippen LogP contribution in [0, 0.1) is 0 Å². The number of nitrogens with two attached hydrogens (primary N) is 1. The van der Waals surface area contributed by atoms with Crippen LogP contribution >= 0.6 is 0 Å². The van der Waals surface area contributed by atoms with Crippen molar-refractivity contribution in [2.75, 3.05) is 5.73 Å². The third kappa shape index (κ3) is 3.90. The first-order valence-corrected chi connectivity index (χ1v) is 4.40. The highest BCUT2D eigenvalue weighted by atomic mass is 16.3. The van der Waals surface area contributed by atoms with Crippen molar-refractivity contribution in [1.82, 2.24) is 4.98 Å². The first kappa shape index (κ1) is 9.99. The minimum Gasteiger partial charge on any atom is -0.397 e. The zero-order valence-corrected chi connectivity index (χ0v) is 8.12. The first-order chi connectivity index (χ1) is 5.97. The van der Waals surface area contributed by atoms with Gasteiger partial charge in [0.25, 0.3) is 0 Å². The maximum absolute atomic E-state index is 9.48. The molecule has 1 heterocycles. The van der Waals surface area contributed by atoms with Gasteiger partial charge in [-0.2, -0.15) is 0 Å². The minimum atomic E-state index is -0.622. The molecule has 0 atom stereocenters. The van der Waals surface area contributed by atoms with Crippen LogP contribution in [-0.4, -0.2) is 15.7 Å². The predicted molar refractivity (Wildman–Crippen MR) is 53.3 cm³/mol. The van der Waals surface area contributed by atoms with Gasteiger partial charge in [0.15, 0.2) is 0 Å². The van der Waals surface area contributed by atoms with Crippen LogP contribution in [0.5, 0.6) is 0 Å². The lowest BCUT2D eigenvalue weighted by molar-refractivity contribution is 0.0711. The van der Waals surface area contributed by atoms with Gasteiger partial charge in [-0.3, -0.25) is 4.98 Å². The fraction of sp³-hybridized carbons (Fsp3) is 0.500. The Morgan fingerprint density at radius 3 is 2.62 bits per heavy atom. The molecule has 3 heteroatoms. The van der Waals surface area contributed by atoms with Crippen molar-refractivity contribution in [3.8, 4) is 0 Å². The van der Waals surface area contributed by atoms with Gasteiger partial charge in [-0.05, 0) is 38.8 Å². The van der Waals surface area contributed by atoms with Gasteiger partial charge < -0.3 is 10.8 Å². The van der Waals surface area contributed by atoms with Crippen LogP contribution in [0.2, 0.25) is 0 Å². The van der Waals surface area contributed by atoms with Crippen molar-refractivity contribution in [2.24, 2.45) is 0 Å². The van der Waals surface area contributed by atoms with Gasteiger partial charge >= 0.3 is 0 Å². The molecule has 0 aliphatic heterocycles. The van der Waals surface area contributed by atoms with Crippen molar-refractivity contribution in [1.29, 1.82) is 0 Å². The van der Waals surface area contributed by atoms with Gasteiger partial charge in [0.2, 0.25) is 0 Å². The van der Waals surface area contributed by atoms with Crippen molar-refractivity contribution in [3.05, 3.63) is 24.0 Å². The number of aromatic nitrogens is 1. The molecule has 0 fully saturated rings. The van der Waals surface area contributed by atoms with Crippen LogP contribution < -0.4 is 5.73 Å². The van der Waals surface area contributed by atoms with Crippen molar-refractivity contribution >= 4 is 5.69 Å². The molecule has 0 radical (unpaired) electrons. The van der Waals surface area contributed by atoms with Gasteiger partial charge in [0.1, 0.15) is 0 Å². The second-order valence-electron chi connectivity index (χ2n) is 3.90. The largest absolute Gasteiger partial charge is 0.397 e. The molecule has 72 valence electrons. The molecule has 0 aliphatic rings. The Kier molecular flexibility index (Phi) is 2.88. The molecule has 1 rings (SSSR count). The average molecular weight is 180 g/mol. The zero-order valence-electron chi connectivity index (χ0n) is 8.12. The molecule has 0 amide bonds. The van der Waals surface area contributed by atoms with Crippen LogP contribution in [-0.2, 0) is 6.42 Å². The van der Waals surface area contributed by atoms with E-state index < -0.39 is 5.60 Å². The summed E-state index contributed by atoms with van der Waals surface area (Å²) in [7, 11) is 0. The SMILES string of the molecule is CC(C)(O)CCc1ccc(N)cn1. The second kappa shape index (κ2) is 3.75. The number of rotatable bonds is 3. The summed E-state index contributed by atoms with van der Waals surface area (Å²) in [5, 5.41) is 9.48. The lowest BCUT2D eigenvalue weighted by Gasteiger charge is -2.15. The Balaban J connectivity index is 2.51. The topological polar surface area (TPSA) is 59.1 Å². The predicted octanol–water partition coefficient (Wildman–Crippen LogP) is 1.37. The van der Waals surface area contributed by atoms with E-state index in [-0.39, 0.29) is 0 Å². The maximum atomic E-state index is 9.48. The number of pyridine rings is 1. The smallest absolute Gasteiger partial charge is 0.0595 e. The Morgan fingerprint density at radius 1 is 1.46 bits per heavy atom. The number of anilines is 1. The maximum Gasteiger partial charge on any atom is 0.0595 e. The fourth-order valence-electron chi connectivity index (χ4n) is 1.02. The molecule has 3 nitrogen and oxygen atoms in total. The van der Waals surface area contributed by atoms with Gasteiger partial charge in [-0.15, -0.1) is 0 Å². The highest BCUT2D eigenvalue weighted by Crippen LogP contribution is 2.12. The molecule has 3 N–H and O–H groups in total. The monoisotopic (exact) mass is 180 g/mol. The third-order valence-electron chi connectivity index (χ3n) is 1.84. The van der Waals surface area contributed by atoms with Gasteiger partial charge in [-0.1, -0.05) is 0 Å². The summed E-state index contributed by atoms with van der Waals surface area (Å²) in [6.45, 7) is 3.59. The van der Waals surface area contributed by atoms with Crippen LogP contribution in [0.15, 0.2) is 18.3 Å². The Labute approximate surface area is 78.6 Å². The summed E-state index contributed by atoms with van der Waals surface area (Å²) in [5.41, 5.74) is 6.52. The zero-order chi connectivity index (χ0) is 9.90. The van der Waals surface area contributed by atoms with Crippen molar-refractivity contribution in [3.63, 3.8) is 0 Å². The molecule has 1 aromatic heterocycles. The summed E-state index contributed by atoms with van der Waals surface area (Å²) < 4.78 is 0. The summed E-state index contributed by atoms with van der Waals surface area (Å²) in [6.07, 6.45) is 3.13. The Bertz CT molecular complexity index is 261. The number of aryl methyl sites for hydroxylation is 1. The van der Waals surface area contributed by atoms with E-state index in [9.17, 15) is 5.11 Å². The number of hydrogen-bond donors (Lipinski definition) is 2. The molecule has 13 heavy (non-hydrogen) atoms. The standard InChI is InChI=1S/C10H16N2O/c1-10(2,13)6-5-9-4-3-8(11)7-12-9/h3-4,7,13H,5-6,11H2,1-2H3. The van der Waals surface area contributed by atoms with Crippen LogP contribution in [0.4, 0.5) is 5.69 Å². The number of nitrogens with zero attached hydrogens (tertiary/aromatic N) is 1. The highest BCUT2D eigenvalue weighted by molar-refractivity contribution is 5.34. The van der Waals surface area contributed by atoms with E-state index in [1.807, 2.05) is 12.1 Å². The van der Waals surface area contributed by atoms with Gasteiger partial charge in [0.05, 0.1) is 17.5 Å². The number of hydrogen-bond acceptors (Lipinski definition) is 3. The quantitative estimate of drug-likeness (QED) is 0.738. The molecule has 0 aliphatic carbocycles. The molecule has 0 saturated heterocycles. The van der Waals surface area contributed by atoms with Crippen LogP contribution in [0.1, 0.15) is 26.0 Å². The summed E-state index contributed by atoms with van der Waals surface area (Å²) in [4.78, 5) is 4.15. The molecule has 1 aromatic rings. The molecule has 0 unspecified atom stereocenters. The van der Waals surface area contributed by atoms with E-state index in [1.165, 1.54) is 0 Å². The molecule has 0 aromatic carbocycles. The molecule has 0 bridgehead atoms. The van der Waals surface area contributed by atoms with Crippen LogP contribution in [0.3, 0.4) is 0 Å². The lowest BCUT2D eigenvalue weighted by Crippen LogP contribution is -2.19. The summed E-state index contributed by atoms with van der Waals surface area (Å²) >= 11 is 0. The fourth-order valence-corrected chi connectivity index (χ4v) is 1.02. The summed E-state index contributed by atoms with van der Waals surface area (Å²) in [6, 6.07) is 3.72. The number of nitrogen functional groups attached to an aromatic ring is 1. The van der Waals surface area contributed by atoms with Gasteiger partial charge in [0, 0.05) is 5.69 Å². The molecular formula is C10H16N2O. The Hall–Kier alpha value is -1.09. The average Bonchev–Trinajstić information content (AvgIpc) is 2.02. The normalized spacial score (nSPS) is 11.6. The van der Waals surface area contributed by atoms with E-state index in [2.05, 4.69) is 4.98 Å². The molecular weight excluding hydrogens is 164 g/mol. The first-order valence-electron chi connectivity index (χ1n) is 4.40. The van der Waals surface area contributed by atoms with Crippen molar-refractivity contribution in [2.45, 2.75) is 32.3 Å². The van der Waals surface area contributed by atoms with Gasteiger partial charge in [-0.25, -0.2) is 0 Å². The number of aliphatic hydroxyl groups is 1. The minimum absolute atomic E-state index is 0.622. The van der Waals surface area contributed by atoms with E-state index in [4.69, 9.17) is 5.73 Å². The van der Waals surface area contributed by atoms with E-state index in [1.54, 1.807) is 20.0 Å². The van der Waals surface area contributed by atoms with Crippen molar-refractivity contribution < 1.29 is 5.11 Å². The molecule has 0 spiro atoms. The Morgan fingerprint density at radius 2 is 2.15 bits per heavy atom. The van der Waals surface area contributed by atoms with E-state index in [0.29, 0.717) is 12.1 Å². The van der Waals surface area contributed by atoms with E-state index >= 15 is 0 Å². The highest BCUT2D eigenvalue weighted by Gasteiger charge is 2.12. The second-order valence-corrected chi connectivity index (χ2v) is 3.90. The third-order valence-corrected chi connectivity index (χ3v) is 1.84. The van der Waals surface area contributed by atoms with Crippen LogP contribution in [0.25, 0.3) is 0 Å².